The average molecular weight is 394 g/mol. The fourth-order valence-electron chi connectivity index (χ4n) is 2.25. The summed E-state index contributed by atoms with van der Waals surface area (Å²) in [7, 11) is 1.64. The summed E-state index contributed by atoms with van der Waals surface area (Å²) in [5, 5.41) is 3.02. The minimum atomic E-state index is -0.0808. The van der Waals surface area contributed by atoms with Gasteiger partial charge >= 0.3 is 0 Å². The molecule has 5 heteroatoms. The second-order valence-corrected chi connectivity index (χ2v) is 6.96. The summed E-state index contributed by atoms with van der Waals surface area (Å²) in [5.41, 5.74) is 2.18. The Morgan fingerprint density at radius 2 is 1.91 bits per heavy atom. The van der Waals surface area contributed by atoms with Crippen molar-refractivity contribution in [3.63, 3.8) is 0 Å². The minimum Gasteiger partial charge on any atom is -0.496 e. The molecule has 2 rings (SSSR count). The van der Waals surface area contributed by atoms with Gasteiger partial charge in [0.25, 0.3) is 0 Å². The van der Waals surface area contributed by atoms with Crippen molar-refractivity contribution in [3.8, 4) is 5.75 Å². The van der Waals surface area contributed by atoms with Crippen molar-refractivity contribution in [2.75, 3.05) is 12.9 Å². The average Bonchev–Trinajstić information content (AvgIpc) is 2.56. The number of methoxy groups -OCH3 is 1. The van der Waals surface area contributed by atoms with E-state index in [9.17, 15) is 4.79 Å². The summed E-state index contributed by atoms with van der Waals surface area (Å²) < 4.78 is 6.42. The fraction of sp³-hybridized carbons (Fsp3) is 0.278. The van der Waals surface area contributed by atoms with E-state index >= 15 is 0 Å². The van der Waals surface area contributed by atoms with Crippen molar-refractivity contribution in [1.29, 1.82) is 0 Å². The van der Waals surface area contributed by atoms with Gasteiger partial charge in [0.1, 0.15) is 5.75 Å². The molecule has 0 heterocycles. The monoisotopic (exact) mass is 393 g/mol. The van der Waals surface area contributed by atoms with Crippen LogP contribution in [0.1, 0.15) is 24.1 Å². The van der Waals surface area contributed by atoms with Gasteiger partial charge in [0.05, 0.1) is 18.9 Å². The summed E-state index contributed by atoms with van der Waals surface area (Å²) in [6.45, 7) is 1.97. The smallest absolute Gasteiger partial charge is 0.230 e. The van der Waals surface area contributed by atoms with Crippen molar-refractivity contribution in [2.24, 2.45) is 0 Å². The molecule has 0 saturated carbocycles. The van der Waals surface area contributed by atoms with Gasteiger partial charge in [0, 0.05) is 15.8 Å². The summed E-state index contributed by atoms with van der Waals surface area (Å²) in [6, 6.07) is 15.7. The number of benzene rings is 2. The molecule has 1 unspecified atom stereocenters. The van der Waals surface area contributed by atoms with E-state index in [0.29, 0.717) is 5.75 Å². The summed E-state index contributed by atoms with van der Waals surface area (Å²) in [5.74, 6) is 2.06. The van der Waals surface area contributed by atoms with Gasteiger partial charge in [-0.05, 0) is 24.6 Å². The first-order valence-corrected chi connectivity index (χ1v) is 9.30. The van der Waals surface area contributed by atoms with Crippen molar-refractivity contribution in [1.82, 2.24) is 5.32 Å². The Labute approximate surface area is 149 Å². The molecule has 0 saturated heterocycles. The van der Waals surface area contributed by atoms with E-state index in [0.717, 1.165) is 21.5 Å². The predicted molar refractivity (Wildman–Crippen MR) is 99.9 cm³/mol. The van der Waals surface area contributed by atoms with E-state index in [-0.39, 0.29) is 11.9 Å². The number of para-hydroxylation sites is 1. The zero-order valence-electron chi connectivity index (χ0n) is 13.2. The Kier molecular flexibility index (Phi) is 6.99. The second kappa shape index (κ2) is 8.99. The highest BCUT2D eigenvalue weighted by molar-refractivity contribution is 9.10. The van der Waals surface area contributed by atoms with E-state index in [1.54, 1.807) is 18.9 Å². The van der Waals surface area contributed by atoms with Crippen LogP contribution >= 0.6 is 27.7 Å². The lowest BCUT2D eigenvalue weighted by Crippen LogP contribution is -2.28. The number of carbonyl (C=O) groups is 1. The molecular weight excluding hydrogens is 374 g/mol. The van der Waals surface area contributed by atoms with Gasteiger partial charge in [-0.15, -0.1) is 11.8 Å². The molecule has 0 spiro atoms. The maximum absolute atomic E-state index is 12.1. The number of rotatable bonds is 7. The number of carbonyl (C=O) groups excluding carboxylic acids is 1. The SMILES string of the molecule is COc1ccccc1C(C)NC(=O)CSCc1ccccc1Br. The molecule has 0 aliphatic carbocycles. The number of nitrogens with one attached hydrogen (secondary N) is 1. The minimum absolute atomic E-state index is 0.0282. The normalized spacial score (nSPS) is 11.8. The number of thioether (sulfide) groups is 1. The van der Waals surface area contributed by atoms with Crippen molar-refractivity contribution in [3.05, 3.63) is 64.1 Å². The van der Waals surface area contributed by atoms with Crippen LogP contribution in [0.15, 0.2) is 53.0 Å². The molecule has 2 aromatic carbocycles. The quantitative estimate of drug-likeness (QED) is 0.748. The van der Waals surface area contributed by atoms with Gasteiger partial charge in [-0.2, -0.15) is 0 Å². The first-order chi connectivity index (χ1) is 11.1. The summed E-state index contributed by atoms with van der Waals surface area (Å²) in [4.78, 5) is 12.1. The van der Waals surface area contributed by atoms with E-state index in [2.05, 4.69) is 27.3 Å². The highest BCUT2D eigenvalue weighted by Crippen LogP contribution is 2.25. The molecule has 1 amide bonds. The van der Waals surface area contributed by atoms with E-state index in [1.165, 1.54) is 5.56 Å². The highest BCUT2D eigenvalue weighted by atomic mass is 79.9. The molecule has 1 N–H and O–H groups in total. The summed E-state index contributed by atoms with van der Waals surface area (Å²) in [6.07, 6.45) is 0. The van der Waals surface area contributed by atoms with E-state index < -0.39 is 0 Å². The molecular formula is C18H20BrNO2S. The number of halogens is 1. The van der Waals surface area contributed by atoms with E-state index in [1.807, 2.05) is 49.4 Å². The Bertz CT molecular complexity index is 663. The molecule has 0 fully saturated rings. The van der Waals surface area contributed by atoms with Crippen molar-refractivity contribution >= 4 is 33.6 Å². The Morgan fingerprint density at radius 3 is 2.65 bits per heavy atom. The van der Waals surface area contributed by atoms with Gasteiger partial charge in [0.2, 0.25) is 5.91 Å². The second-order valence-electron chi connectivity index (χ2n) is 5.12. The maximum atomic E-state index is 12.1. The van der Waals surface area contributed by atoms with Crippen LogP contribution < -0.4 is 10.1 Å². The molecule has 0 aliphatic rings. The number of ether oxygens (including phenoxy) is 1. The zero-order valence-corrected chi connectivity index (χ0v) is 15.6. The largest absolute Gasteiger partial charge is 0.496 e. The lowest BCUT2D eigenvalue weighted by molar-refractivity contribution is -0.119. The third-order valence-corrected chi connectivity index (χ3v) is 5.19. The molecule has 0 aromatic heterocycles. The van der Waals surface area contributed by atoms with Gasteiger partial charge in [-0.3, -0.25) is 4.79 Å². The van der Waals surface area contributed by atoms with Gasteiger partial charge in [0.15, 0.2) is 0 Å². The Balaban J connectivity index is 1.84. The zero-order chi connectivity index (χ0) is 16.7. The number of amides is 1. The molecule has 2 aromatic rings. The van der Waals surface area contributed by atoms with Crippen molar-refractivity contribution in [2.45, 2.75) is 18.7 Å². The van der Waals surface area contributed by atoms with Crippen LogP contribution in [0.4, 0.5) is 0 Å². The van der Waals surface area contributed by atoms with Gasteiger partial charge in [-0.1, -0.05) is 52.3 Å². The van der Waals surface area contributed by atoms with Crippen LogP contribution in [0, 0.1) is 0 Å². The maximum Gasteiger partial charge on any atom is 0.230 e. The summed E-state index contributed by atoms with van der Waals surface area (Å²) >= 11 is 5.12. The van der Waals surface area contributed by atoms with Crippen LogP contribution in [0.3, 0.4) is 0 Å². The van der Waals surface area contributed by atoms with Crippen LogP contribution in [-0.2, 0) is 10.5 Å². The Hall–Kier alpha value is -1.46. The molecule has 0 bridgehead atoms. The van der Waals surface area contributed by atoms with Crippen LogP contribution in [-0.4, -0.2) is 18.8 Å². The lowest BCUT2D eigenvalue weighted by Gasteiger charge is -2.17. The molecule has 23 heavy (non-hydrogen) atoms. The molecule has 0 aliphatic heterocycles. The van der Waals surface area contributed by atoms with Crippen LogP contribution in [0.2, 0.25) is 0 Å². The topological polar surface area (TPSA) is 38.3 Å². The number of hydrogen-bond donors (Lipinski definition) is 1. The van der Waals surface area contributed by atoms with E-state index in [4.69, 9.17) is 4.74 Å². The van der Waals surface area contributed by atoms with Gasteiger partial charge < -0.3 is 10.1 Å². The molecule has 3 nitrogen and oxygen atoms in total. The first-order valence-electron chi connectivity index (χ1n) is 7.35. The molecule has 122 valence electrons. The standard InChI is InChI=1S/C18H20BrNO2S/c1-13(15-8-4-6-10-17(15)22-2)20-18(21)12-23-11-14-7-3-5-9-16(14)19/h3-10,13H,11-12H2,1-2H3,(H,20,21). The van der Waals surface area contributed by atoms with Gasteiger partial charge in [-0.25, -0.2) is 0 Å². The highest BCUT2D eigenvalue weighted by Gasteiger charge is 2.13. The third kappa shape index (κ3) is 5.29. The third-order valence-electron chi connectivity index (χ3n) is 3.43. The van der Waals surface area contributed by atoms with Crippen molar-refractivity contribution < 1.29 is 9.53 Å². The fourth-order valence-corrected chi connectivity index (χ4v) is 3.71. The lowest BCUT2D eigenvalue weighted by atomic mass is 10.1. The Morgan fingerprint density at radius 1 is 1.22 bits per heavy atom. The predicted octanol–water partition coefficient (Wildman–Crippen LogP) is 4.57. The first kappa shape index (κ1) is 17.9. The number of hydrogen-bond acceptors (Lipinski definition) is 3. The molecule has 0 radical (unpaired) electrons. The van der Waals surface area contributed by atoms with Crippen LogP contribution in [0.5, 0.6) is 5.75 Å². The van der Waals surface area contributed by atoms with Crippen LogP contribution in [0.25, 0.3) is 0 Å². The molecule has 1 atom stereocenters.